The maximum atomic E-state index is 9.35. The van der Waals surface area contributed by atoms with Crippen molar-refractivity contribution < 1.29 is 14.7 Å². The minimum absolute atomic E-state index is 0.210. The summed E-state index contributed by atoms with van der Waals surface area (Å²) in [7, 11) is 1.86. The van der Waals surface area contributed by atoms with E-state index in [1.807, 2.05) is 37.5 Å². The van der Waals surface area contributed by atoms with Crippen molar-refractivity contribution in [3.63, 3.8) is 0 Å². The average molecular weight is 336 g/mol. The zero-order chi connectivity index (χ0) is 17.2. The molecule has 1 aliphatic rings. The van der Waals surface area contributed by atoms with Crippen LogP contribution in [0.3, 0.4) is 0 Å². The summed E-state index contributed by atoms with van der Waals surface area (Å²) in [6, 6.07) is 10.6. The van der Waals surface area contributed by atoms with Crippen LogP contribution in [-0.2, 0) is 11.9 Å². The molecule has 0 spiro atoms. The molecule has 0 fully saturated rings. The highest BCUT2D eigenvalue weighted by Crippen LogP contribution is 2.29. The van der Waals surface area contributed by atoms with E-state index >= 15 is 0 Å². The van der Waals surface area contributed by atoms with Gasteiger partial charge in [0.1, 0.15) is 11.5 Å². The molecule has 0 saturated heterocycles. The Bertz CT molecular complexity index is 901. The van der Waals surface area contributed by atoms with Gasteiger partial charge in [0.05, 0.1) is 24.5 Å². The number of aryl methyl sites for hydroxylation is 1. The van der Waals surface area contributed by atoms with Crippen molar-refractivity contribution in [2.75, 3.05) is 0 Å². The van der Waals surface area contributed by atoms with Crippen LogP contribution in [0.15, 0.2) is 60.1 Å². The van der Waals surface area contributed by atoms with Gasteiger partial charge in [-0.25, -0.2) is 0 Å². The molecular weight excluding hydrogens is 320 g/mol. The highest BCUT2D eigenvalue weighted by atomic mass is 16.7. The van der Waals surface area contributed by atoms with Crippen LogP contribution in [0, 0.1) is 0 Å². The van der Waals surface area contributed by atoms with Gasteiger partial charge in [-0.15, -0.1) is 0 Å². The minimum Gasteiger partial charge on any atom is -0.508 e. The Morgan fingerprint density at radius 1 is 1.16 bits per heavy atom. The Kier molecular flexibility index (Phi) is 3.81. The number of aromatic hydroxyl groups is 1. The van der Waals surface area contributed by atoms with Crippen LogP contribution in [0.4, 0.5) is 0 Å². The highest BCUT2D eigenvalue weighted by Gasteiger charge is 2.24. The maximum absolute atomic E-state index is 9.35. The molecule has 0 aliphatic carbocycles. The minimum atomic E-state index is -0.210. The average Bonchev–Trinajstić information content (AvgIpc) is 3.26. The van der Waals surface area contributed by atoms with Crippen LogP contribution in [0.25, 0.3) is 11.3 Å². The Morgan fingerprint density at radius 3 is 2.68 bits per heavy atom. The number of phenols is 1. The van der Waals surface area contributed by atoms with Gasteiger partial charge in [-0.05, 0) is 29.8 Å². The topological polar surface area (TPSA) is 81.8 Å². The summed E-state index contributed by atoms with van der Waals surface area (Å²) < 4.78 is 7.47. The number of benzene rings is 1. The zero-order valence-electron chi connectivity index (χ0n) is 13.5. The smallest absolute Gasteiger partial charge is 0.235 e. The number of hydrogen-bond donors (Lipinski definition) is 1. The van der Waals surface area contributed by atoms with E-state index in [0.29, 0.717) is 18.1 Å². The fraction of sp³-hybridized carbons (Fsp3) is 0.167. The lowest BCUT2D eigenvalue weighted by molar-refractivity contribution is 0.0855. The molecule has 0 unspecified atom stereocenters. The molecule has 126 valence electrons. The van der Waals surface area contributed by atoms with Crippen molar-refractivity contribution in [3.05, 3.63) is 60.6 Å². The lowest BCUT2D eigenvalue weighted by Crippen LogP contribution is -2.07. The van der Waals surface area contributed by atoms with Crippen molar-refractivity contribution in [2.24, 2.45) is 12.2 Å². The van der Waals surface area contributed by atoms with Gasteiger partial charge >= 0.3 is 0 Å². The number of oxime groups is 1. The van der Waals surface area contributed by atoms with Gasteiger partial charge in [-0.1, -0.05) is 17.3 Å². The van der Waals surface area contributed by atoms with Crippen molar-refractivity contribution in [1.82, 2.24) is 14.8 Å². The lowest BCUT2D eigenvalue weighted by atomic mass is 10.1. The molecule has 2 aromatic heterocycles. The van der Waals surface area contributed by atoms with E-state index in [0.717, 1.165) is 16.8 Å². The van der Waals surface area contributed by atoms with Crippen molar-refractivity contribution in [1.29, 1.82) is 0 Å². The lowest BCUT2D eigenvalue weighted by Gasteiger charge is -2.08. The Balaban J connectivity index is 1.40. The third-order valence-corrected chi connectivity index (χ3v) is 3.88. The van der Waals surface area contributed by atoms with Gasteiger partial charge in [0.15, 0.2) is 6.10 Å². The van der Waals surface area contributed by atoms with Crippen LogP contribution >= 0.6 is 0 Å². The number of hydrogen-bond acceptors (Lipinski definition) is 6. The molecule has 25 heavy (non-hydrogen) atoms. The molecule has 7 heteroatoms. The van der Waals surface area contributed by atoms with Crippen molar-refractivity contribution in [2.45, 2.75) is 12.5 Å². The predicted octanol–water partition coefficient (Wildman–Crippen LogP) is 3.04. The van der Waals surface area contributed by atoms with Crippen molar-refractivity contribution in [3.8, 4) is 22.8 Å². The molecule has 4 rings (SSSR count). The SMILES string of the molecule is Cn1cc(-c2ccc(OC3=NO[C@H](c4ccc(O)cc4)C3)cn2)cn1. The third kappa shape index (κ3) is 3.30. The van der Waals surface area contributed by atoms with E-state index in [-0.39, 0.29) is 11.9 Å². The number of nitrogens with zero attached hydrogens (tertiary/aromatic N) is 4. The molecule has 0 radical (unpaired) electrons. The molecule has 1 atom stereocenters. The molecule has 1 aromatic carbocycles. The van der Waals surface area contributed by atoms with E-state index in [2.05, 4.69) is 15.2 Å². The Hall–Kier alpha value is -3.35. The van der Waals surface area contributed by atoms with Crippen LogP contribution in [0.5, 0.6) is 11.5 Å². The molecule has 1 aliphatic heterocycles. The highest BCUT2D eigenvalue weighted by molar-refractivity contribution is 5.79. The molecule has 0 bridgehead atoms. The van der Waals surface area contributed by atoms with Crippen LogP contribution in [-0.4, -0.2) is 25.8 Å². The first kappa shape index (κ1) is 15.2. The second-order valence-electron chi connectivity index (χ2n) is 5.76. The standard InChI is InChI=1S/C18H16N4O3/c1-22-11-13(9-20-22)16-7-6-15(10-19-16)24-18-8-17(25-21-18)12-2-4-14(23)5-3-12/h2-7,9-11,17,23H,8H2,1H3/t17-/m0/s1. The summed E-state index contributed by atoms with van der Waals surface area (Å²) in [5, 5.41) is 17.5. The summed E-state index contributed by atoms with van der Waals surface area (Å²) >= 11 is 0. The number of pyridine rings is 1. The molecular formula is C18H16N4O3. The first-order valence-electron chi connectivity index (χ1n) is 7.82. The van der Waals surface area contributed by atoms with Crippen LogP contribution in [0.2, 0.25) is 0 Å². The molecule has 0 amide bonds. The Morgan fingerprint density at radius 2 is 2.00 bits per heavy atom. The number of rotatable bonds is 3. The van der Waals surface area contributed by atoms with Gasteiger partial charge < -0.3 is 14.7 Å². The van der Waals surface area contributed by atoms with Gasteiger partial charge in [0.2, 0.25) is 5.90 Å². The maximum Gasteiger partial charge on any atom is 0.235 e. The number of aromatic nitrogens is 3. The van der Waals surface area contributed by atoms with E-state index < -0.39 is 0 Å². The van der Waals surface area contributed by atoms with E-state index in [9.17, 15) is 5.11 Å². The number of ether oxygens (including phenoxy) is 1. The first-order valence-corrected chi connectivity index (χ1v) is 7.82. The largest absolute Gasteiger partial charge is 0.508 e. The van der Waals surface area contributed by atoms with Gasteiger partial charge in [-0.3, -0.25) is 9.67 Å². The number of phenolic OH excluding ortho intramolecular Hbond substituents is 1. The van der Waals surface area contributed by atoms with E-state index in [1.54, 1.807) is 29.2 Å². The first-order chi connectivity index (χ1) is 12.2. The summed E-state index contributed by atoms with van der Waals surface area (Å²) in [5.74, 6) is 1.31. The fourth-order valence-corrected chi connectivity index (χ4v) is 2.58. The van der Waals surface area contributed by atoms with Crippen LogP contribution in [0.1, 0.15) is 18.1 Å². The normalized spacial score (nSPS) is 16.4. The van der Waals surface area contributed by atoms with E-state index in [4.69, 9.17) is 9.57 Å². The van der Waals surface area contributed by atoms with Gasteiger partial charge in [-0.2, -0.15) is 5.10 Å². The fourth-order valence-electron chi connectivity index (χ4n) is 2.58. The molecule has 3 aromatic rings. The van der Waals surface area contributed by atoms with Gasteiger partial charge in [0, 0.05) is 18.8 Å². The van der Waals surface area contributed by atoms with Gasteiger partial charge in [0.25, 0.3) is 0 Å². The summed E-state index contributed by atoms with van der Waals surface area (Å²) in [6.45, 7) is 0. The Labute approximate surface area is 144 Å². The zero-order valence-corrected chi connectivity index (χ0v) is 13.5. The quantitative estimate of drug-likeness (QED) is 0.795. The summed E-state index contributed by atoms with van der Waals surface area (Å²) in [6.07, 6.45) is 5.63. The third-order valence-electron chi connectivity index (χ3n) is 3.88. The van der Waals surface area contributed by atoms with Crippen molar-refractivity contribution >= 4 is 5.90 Å². The molecule has 3 heterocycles. The van der Waals surface area contributed by atoms with E-state index in [1.165, 1.54) is 0 Å². The molecule has 1 N–H and O–H groups in total. The van der Waals surface area contributed by atoms with Crippen LogP contribution < -0.4 is 4.74 Å². The summed E-state index contributed by atoms with van der Waals surface area (Å²) in [4.78, 5) is 9.80. The second kappa shape index (κ2) is 6.27. The monoisotopic (exact) mass is 336 g/mol. The second-order valence-corrected chi connectivity index (χ2v) is 5.76. The summed E-state index contributed by atoms with van der Waals surface area (Å²) in [5.41, 5.74) is 2.71. The predicted molar refractivity (Wildman–Crippen MR) is 91.1 cm³/mol. The molecule has 0 saturated carbocycles. The molecule has 7 nitrogen and oxygen atoms in total.